The number of nitrogens with zero attached hydrogens (tertiary/aromatic N) is 1. The van der Waals surface area contributed by atoms with Crippen LogP contribution in [0.1, 0.15) is 37.0 Å². The van der Waals surface area contributed by atoms with Crippen molar-refractivity contribution in [3.05, 3.63) is 33.4 Å². The van der Waals surface area contributed by atoms with E-state index < -0.39 is 5.54 Å². The first-order valence-corrected chi connectivity index (χ1v) is 6.64. The summed E-state index contributed by atoms with van der Waals surface area (Å²) in [6, 6.07) is 9.48. The minimum absolute atomic E-state index is 0.188. The molecule has 0 saturated heterocycles. The van der Waals surface area contributed by atoms with Gasteiger partial charge >= 0.3 is 0 Å². The lowest BCUT2D eigenvalue weighted by molar-refractivity contribution is 0.0915. The van der Waals surface area contributed by atoms with Gasteiger partial charge in [0.2, 0.25) is 0 Å². The van der Waals surface area contributed by atoms with Crippen LogP contribution in [0.3, 0.4) is 0 Å². The van der Waals surface area contributed by atoms with E-state index in [2.05, 4.69) is 34.0 Å². The van der Waals surface area contributed by atoms with Crippen molar-refractivity contribution in [3.8, 4) is 6.07 Å². The summed E-state index contributed by atoms with van der Waals surface area (Å²) in [5.41, 5.74) is -0.160. The van der Waals surface area contributed by atoms with E-state index in [1.165, 1.54) is 0 Å². The van der Waals surface area contributed by atoms with Crippen LogP contribution in [0.15, 0.2) is 24.3 Å². The predicted octanol–water partition coefficient (Wildman–Crippen LogP) is 3.10. The molecule has 1 amide bonds. The molecule has 0 atom stereocenters. The fraction of sp³-hybridized carbons (Fsp3) is 0.385. The fourth-order valence-electron chi connectivity index (χ4n) is 1.50. The lowest BCUT2D eigenvalue weighted by Crippen LogP contribution is -2.46. The SMILES string of the molecule is CCC(C#N)(CC)NC(=O)c1ccc(I)cc1. The van der Waals surface area contributed by atoms with Gasteiger partial charge in [-0.3, -0.25) is 4.79 Å². The Hall–Kier alpha value is -1.09. The third-order valence-electron chi connectivity index (χ3n) is 2.88. The highest BCUT2D eigenvalue weighted by Gasteiger charge is 2.27. The summed E-state index contributed by atoms with van der Waals surface area (Å²) in [5.74, 6) is -0.188. The number of carbonyl (C=O) groups excluding carboxylic acids is 1. The van der Waals surface area contributed by atoms with Gasteiger partial charge in [-0.1, -0.05) is 13.8 Å². The van der Waals surface area contributed by atoms with Crippen LogP contribution in [-0.4, -0.2) is 11.4 Å². The van der Waals surface area contributed by atoms with Crippen LogP contribution < -0.4 is 5.32 Å². The Kier molecular flexibility index (Phi) is 4.94. The largest absolute Gasteiger partial charge is 0.334 e. The van der Waals surface area contributed by atoms with E-state index in [1.54, 1.807) is 12.1 Å². The molecule has 0 radical (unpaired) electrons. The van der Waals surface area contributed by atoms with Crippen molar-refractivity contribution >= 4 is 28.5 Å². The van der Waals surface area contributed by atoms with Crippen molar-refractivity contribution in [2.45, 2.75) is 32.2 Å². The number of amides is 1. The summed E-state index contributed by atoms with van der Waals surface area (Å²) < 4.78 is 1.08. The average Bonchev–Trinajstić information content (AvgIpc) is 2.37. The van der Waals surface area contributed by atoms with Gasteiger partial charge < -0.3 is 5.32 Å². The van der Waals surface area contributed by atoms with Gasteiger partial charge in [0.25, 0.3) is 5.91 Å². The highest BCUT2D eigenvalue weighted by molar-refractivity contribution is 14.1. The van der Waals surface area contributed by atoms with Gasteiger partial charge in [0.05, 0.1) is 6.07 Å². The van der Waals surface area contributed by atoms with E-state index >= 15 is 0 Å². The molecule has 0 spiro atoms. The summed E-state index contributed by atoms with van der Waals surface area (Å²) in [7, 11) is 0. The zero-order chi connectivity index (χ0) is 12.9. The molecule has 0 bridgehead atoms. The molecular formula is C13H15IN2O. The number of halogens is 1. The lowest BCUT2D eigenvalue weighted by atomic mass is 9.94. The molecule has 0 saturated carbocycles. The van der Waals surface area contributed by atoms with Crippen molar-refractivity contribution < 1.29 is 4.79 Å². The summed E-state index contributed by atoms with van der Waals surface area (Å²) in [6.45, 7) is 3.81. The number of nitriles is 1. The van der Waals surface area contributed by atoms with Crippen LogP contribution in [-0.2, 0) is 0 Å². The minimum Gasteiger partial charge on any atom is -0.334 e. The summed E-state index contributed by atoms with van der Waals surface area (Å²) in [4.78, 5) is 12.0. The van der Waals surface area contributed by atoms with Gasteiger partial charge in [-0.25, -0.2) is 0 Å². The molecule has 0 aliphatic heterocycles. The molecule has 4 heteroatoms. The van der Waals surface area contributed by atoms with Crippen molar-refractivity contribution in [2.75, 3.05) is 0 Å². The van der Waals surface area contributed by atoms with Gasteiger partial charge in [0, 0.05) is 9.13 Å². The smallest absolute Gasteiger partial charge is 0.252 e. The maximum Gasteiger partial charge on any atom is 0.252 e. The summed E-state index contributed by atoms with van der Waals surface area (Å²) in [6.07, 6.45) is 1.21. The Bertz CT molecular complexity index is 430. The second kappa shape index (κ2) is 6.01. The number of benzene rings is 1. The first-order chi connectivity index (χ1) is 8.06. The molecule has 0 fully saturated rings. The highest BCUT2D eigenvalue weighted by atomic mass is 127. The molecule has 0 aliphatic rings. The van der Waals surface area contributed by atoms with Crippen LogP contribution in [0, 0.1) is 14.9 Å². The van der Waals surface area contributed by atoms with Crippen LogP contribution in [0.2, 0.25) is 0 Å². The molecule has 1 N–H and O–H groups in total. The third-order valence-corrected chi connectivity index (χ3v) is 3.60. The number of hydrogen-bond acceptors (Lipinski definition) is 2. The monoisotopic (exact) mass is 342 g/mol. The lowest BCUT2D eigenvalue weighted by Gasteiger charge is -2.24. The normalized spacial score (nSPS) is 10.7. The van der Waals surface area contributed by atoms with Gasteiger partial charge in [-0.15, -0.1) is 0 Å². The van der Waals surface area contributed by atoms with E-state index in [9.17, 15) is 4.79 Å². The molecule has 0 unspecified atom stereocenters. The second-order valence-corrected chi connectivity index (χ2v) is 5.11. The molecule has 0 heterocycles. The number of carbonyl (C=O) groups is 1. The molecule has 3 nitrogen and oxygen atoms in total. The van der Waals surface area contributed by atoms with Crippen molar-refractivity contribution in [2.24, 2.45) is 0 Å². The van der Waals surface area contributed by atoms with Crippen LogP contribution in [0.5, 0.6) is 0 Å². The molecule has 0 aromatic heterocycles. The van der Waals surface area contributed by atoms with Gasteiger partial charge in [-0.2, -0.15) is 5.26 Å². The summed E-state index contributed by atoms with van der Waals surface area (Å²) >= 11 is 2.19. The Morgan fingerprint density at radius 2 is 1.88 bits per heavy atom. The molecular weight excluding hydrogens is 327 g/mol. The number of nitrogens with one attached hydrogen (secondary N) is 1. The zero-order valence-corrected chi connectivity index (χ0v) is 12.1. The molecule has 1 rings (SSSR count). The number of hydrogen-bond donors (Lipinski definition) is 1. The van der Waals surface area contributed by atoms with Crippen LogP contribution in [0.25, 0.3) is 0 Å². The third kappa shape index (κ3) is 3.43. The van der Waals surface area contributed by atoms with Crippen molar-refractivity contribution in [1.29, 1.82) is 5.26 Å². The van der Waals surface area contributed by atoms with E-state index in [1.807, 2.05) is 26.0 Å². The predicted molar refractivity (Wildman–Crippen MR) is 75.6 cm³/mol. The van der Waals surface area contributed by atoms with E-state index in [4.69, 9.17) is 5.26 Å². The minimum atomic E-state index is -0.750. The van der Waals surface area contributed by atoms with E-state index in [0.717, 1.165) is 3.57 Å². The van der Waals surface area contributed by atoms with Crippen LogP contribution >= 0.6 is 22.6 Å². The molecule has 17 heavy (non-hydrogen) atoms. The Morgan fingerprint density at radius 3 is 2.29 bits per heavy atom. The first kappa shape index (κ1) is 14.0. The number of rotatable bonds is 4. The average molecular weight is 342 g/mol. The maximum absolute atomic E-state index is 12.0. The standard InChI is InChI=1S/C13H15IN2O/c1-3-13(4-2,9-15)16-12(17)10-5-7-11(14)8-6-10/h5-8H,3-4H2,1-2H3,(H,16,17). The Morgan fingerprint density at radius 1 is 1.35 bits per heavy atom. The Balaban J connectivity index is 2.85. The zero-order valence-electron chi connectivity index (χ0n) is 9.96. The van der Waals surface area contributed by atoms with Gasteiger partial charge in [0.1, 0.15) is 5.54 Å². The molecule has 0 aliphatic carbocycles. The topological polar surface area (TPSA) is 52.9 Å². The Labute approximate surface area is 115 Å². The first-order valence-electron chi connectivity index (χ1n) is 5.56. The van der Waals surface area contributed by atoms with Crippen molar-refractivity contribution in [1.82, 2.24) is 5.32 Å². The van der Waals surface area contributed by atoms with Gasteiger partial charge in [0.15, 0.2) is 0 Å². The molecule has 1 aromatic carbocycles. The fourth-order valence-corrected chi connectivity index (χ4v) is 1.86. The maximum atomic E-state index is 12.0. The second-order valence-electron chi connectivity index (χ2n) is 3.86. The highest BCUT2D eigenvalue weighted by Crippen LogP contribution is 2.15. The molecule has 1 aromatic rings. The quantitative estimate of drug-likeness (QED) is 0.855. The van der Waals surface area contributed by atoms with E-state index in [-0.39, 0.29) is 5.91 Å². The van der Waals surface area contributed by atoms with Crippen molar-refractivity contribution in [3.63, 3.8) is 0 Å². The van der Waals surface area contributed by atoms with E-state index in [0.29, 0.717) is 18.4 Å². The van der Waals surface area contributed by atoms with Gasteiger partial charge in [-0.05, 0) is 59.7 Å². The van der Waals surface area contributed by atoms with Crippen LogP contribution in [0.4, 0.5) is 0 Å². The summed E-state index contributed by atoms with van der Waals surface area (Å²) in [5, 5.41) is 12.0. The molecule has 90 valence electrons.